The summed E-state index contributed by atoms with van der Waals surface area (Å²) in [6.07, 6.45) is 5.30. The van der Waals surface area contributed by atoms with Gasteiger partial charge in [-0.3, -0.25) is 4.79 Å². The lowest BCUT2D eigenvalue weighted by molar-refractivity contribution is -0.137. The van der Waals surface area contributed by atoms with Gasteiger partial charge >= 0.3 is 0 Å². The van der Waals surface area contributed by atoms with Crippen molar-refractivity contribution in [3.05, 3.63) is 0 Å². The fourth-order valence-corrected chi connectivity index (χ4v) is 1.36. The summed E-state index contributed by atoms with van der Waals surface area (Å²) < 4.78 is 4.77. The molecule has 0 radical (unpaired) electrons. The van der Waals surface area contributed by atoms with E-state index in [1.807, 2.05) is 0 Å². The highest BCUT2D eigenvalue weighted by molar-refractivity contribution is 5.78. The Labute approximate surface area is 78.2 Å². The molecule has 0 aromatic rings. The van der Waals surface area contributed by atoms with Gasteiger partial charge in [0.15, 0.2) is 0 Å². The maximum atomic E-state index is 11.4. The monoisotopic (exact) mass is 182 g/mol. The van der Waals surface area contributed by atoms with E-state index in [-0.39, 0.29) is 18.6 Å². The van der Waals surface area contributed by atoms with E-state index >= 15 is 0 Å². The highest BCUT2D eigenvalue weighted by Crippen LogP contribution is 2.02. The van der Waals surface area contributed by atoms with Crippen LogP contribution in [-0.4, -0.2) is 50.2 Å². The highest BCUT2D eigenvalue weighted by atomic mass is 16.5. The Kier molecular flexibility index (Phi) is 3.74. The van der Waals surface area contributed by atoms with Crippen LogP contribution in [0.4, 0.5) is 0 Å². The van der Waals surface area contributed by atoms with E-state index in [9.17, 15) is 4.79 Å². The van der Waals surface area contributed by atoms with Gasteiger partial charge in [-0.2, -0.15) is 0 Å². The molecule has 1 unspecified atom stereocenters. The molecule has 0 bridgehead atoms. The Balaban J connectivity index is 2.54. The van der Waals surface area contributed by atoms with Crippen LogP contribution in [0.15, 0.2) is 0 Å². The highest BCUT2D eigenvalue weighted by Gasteiger charge is 2.24. The fraction of sp³-hybridized carbons (Fsp3) is 0.667. The first kappa shape index (κ1) is 10.0. The van der Waals surface area contributed by atoms with Crippen molar-refractivity contribution < 1.29 is 9.53 Å². The van der Waals surface area contributed by atoms with Gasteiger partial charge in [-0.1, -0.05) is 5.92 Å². The van der Waals surface area contributed by atoms with Crippen LogP contribution in [0, 0.1) is 12.3 Å². The van der Waals surface area contributed by atoms with Gasteiger partial charge in [0.1, 0.15) is 12.6 Å². The zero-order valence-corrected chi connectivity index (χ0v) is 7.75. The molecule has 1 saturated heterocycles. The summed E-state index contributed by atoms with van der Waals surface area (Å²) in [5.41, 5.74) is 0. The van der Waals surface area contributed by atoms with Crippen molar-refractivity contribution in [1.29, 1.82) is 0 Å². The van der Waals surface area contributed by atoms with Crippen molar-refractivity contribution in [1.82, 2.24) is 10.2 Å². The van der Waals surface area contributed by atoms with E-state index < -0.39 is 0 Å². The number of carbonyl (C=O) groups is 1. The summed E-state index contributed by atoms with van der Waals surface area (Å²) in [7, 11) is 1.50. The number of amides is 1. The van der Waals surface area contributed by atoms with Crippen LogP contribution in [0.25, 0.3) is 0 Å². The Morgan fingerprint density at radius 2 is 2.62 bits per heavy atom. The normalized spacial score (nSPS) is 22.5. The number of rotatable bonds is 2. The van der Waals surface area contributed by atoms with Crippen molar-refractivity contribution in [2.45, 2.75) is 6.04 Å². The topological polar surface area (TPSA) is 41.6 Å². The lowest BCUT2D eigenvalue weighted by atomic mass is 10.2. The van der Waals surface area contributed by atoms with Gasteiger partial charge in [-0.15, -0.1) is 6.42 Å². The zero-order chi connectivity index (χ0) is 9.68. The number of carbonyl (C=O) groups excluding carboxylic acids is 1. The smallest absolute Gasteiger partial charge is 0.249 e. The molecule has 4 nitrogen and oxygen atoms in total. The Morgan fingerprint density at radius 1 is 1.85 bits per heavy atom. The summed E-state index contributed by atoms with van der Waals surface area (Å²) in [5, 5.41) is 3.14. The van der Waals surface area contributed by atoms with Crippen LogP contribution in [0.2, 0.25) is 0 Å². The van der Waals surface area contributed by atoms with E-state index in [0.717, 1.165) is 6.54 Å². The second-order valence-corrected chi connectivity index (χ2v) is 2.91. The molecule has 1 aliphatic rings. The number of hydrogen-bond acceptors (Lipinski definition) is 3. The molecule has 13 heavy (non-hydrogen) atoms. The van der Waals surface area contributed by atoms with Crippen molar-refractivity contribution >= 4 is 5.91 Å². The van der Waals surface area contributed by atoms with Crippen molar-refractivity contribution in [2.24, 2.45) is 0 Å². The average Bonchev–Trinajstić information content (AvgIpc) is 2.18. The predicted octanol–water partition coefficient (Wildman–Crippen LogP) is -0.934. The maximum absolute atomic E-state index is 11.4. The molecule has 0 aliphatic carbocycles. The molecule has 0 saturated carbocycles. The lowest BCUT2D eigenvalue weighted by Crippen LogP contribution is -2.53. The Bertz CT molecular complexity index is 222. The molecule has 1 fully saturated rings. The molecule has 0 spiro atoms. The first-order chi connectivity index (χ1) is 6.29. The number of hydrogen-bond donors (Lipinski definition) is 1. The zero-order valence-electron chi connectivity index (χ0n) is 7.75. The van der Waals surface area contributed by atoms with Crippen molar-refractivity contribution in [3.8, 4) is 12.3 Å². The second-order valence-electron chi connectivity index (χ2n) is 2.91. The standard InChI is InChI=1S/C9H14N2O2/c1-3-8-6-10-4-5-11(8)9(12)7-13-2/h1,8,10H,4-7H2,2H3. The van der Waals surface area contributed by atoms with Crippen molar-refractivity contribution in [2.75, 3.05) is 33.4 Å². The largest absolute Gasteiger partial charge is 0.375 e. The first-order valence-corrected chi connectivity index (χ1v) is 4.25. The van der Waals surface area contributed by atoms with Gasteiger partial charge in [0.2, 0.25) is 5.91 Å². The molecular formula is C9H14N2O2. The third kappa shape index (κ3) is 2.44. The molecule has 1 N–H and O–H groups in total. The van der Waals surface area contributed by atoms with Crippen LogP contribution >= 0.6 is 0 Å². The minimum Gasteiger partial charge on any atom is -0.375 e. The number of nitrogens with one attached hydrogen (secondary N) is 1. The minimum absolute atomic E-state index is 0.0352. The quantitative estimate of drug-likeness (QED) is 0.561. The van der Waals surface area contributed by atoms with E-state index in [1.165, 1.54) is 7.11 Å². The second kappa shape index (κ2) is 4.85. The van der Waals surface area contributed by atoms with Gasteiger partial charge in [0.25, 0.3) is 0 Å². The van der Waals surface area contributed by atoms with Crippen LogP contribution in [0.3, 0.4) is 0 Å². The van der Waals surface area contributed by atoms with Crippen molar-refractivity contribution in [3.63, 3.8) is 0 Å². The number of nitrogens with zero attached hydrogens (tertiary/aromatic N) is 1. The lowest BCUT2D eigenvalue weighted by Gasteiger charge is -2.32. The maximum Gasteiger partial charge on any atom is 0.249 e. The Morgan fingerprint density at radius 3 is 3.23 bits per heavy atom. The van der Waals surface area contributed by atoms with E-state index in [1.54, 1.807) is 4.90 Å². The number of ether oxygens (including phenoxy) is 1. The molecule has 0 aromatic carbocycles. The number of piperazine rings is 1. The van der Waals surface area contributed by atoms with Gasteiger partial charge in [-0.05, 0) is 0 Å². The molecule has 4 heteroatoms. The first-order valence-electron chi connectivity index (χ1n) is 4.25. The van der Waals surface area contributed by atoms with E-state index in [0.29, 0.717) is 13.1 Å². The molecule has 0 aromatic heterocycles. The molecule has 1 rings (SSSR count). The van der Waals surface area contributed by atoms with Crippen LogP contribution < -0.4 is 5.32 Å². The van der Waals surface area contributed by atoms with Gasteiger partial charge in [0.05, 0.1) is 0 Å². The summed E-state index contributed by atoms with van der Waals surface area (Å²) in [6, 6.07) is -0.128. The number of terminal acetylenes is 1. The molecule has 1 atom stereocenters. The van der Waals surface area contributed by atoms with Gasteiger partial charge in [0, 0.05) is 26.7 Å². The molecular weight excluding hydrogens is 168 g/mol. The van der Waals surface area contributed by atoms with E-state index in [2.05, 4.69) is 11.2 Å². The molecule has 1 amide bonds. The molecule has 1 heterocycles. The van der Waals surface area contributed by atoms with Gasteiger partial charge in [-0.25, -0.2) is 0 Å². The SMILES string of the molecule is C#CC1CNCCN1C(=O)COC. The average molecular weight is 182 g/mol. The predicted molar refractivity (Wildman–Crippen MR) is 49.1 cm³/mol. The van der Waals surface area contributed by atoms with E-state index in [4.69, 9.17) is 11.2 Å². The fourth-order valence-electron chi connectivity index (χ4n) is 1.36. The van der Waals surface area contributed by atoms with Gasteiger partial charge < -0.3 is 15.0 Å². The van der Waals surface area contributed by atoms with Crippen LogP contribution in [0.1, 0.15) is 0 Å². The summed E-state index contributed by atoms with van der Waals surface area (Å²) in [4.78, 5) is 13.1. The third-order valence-electron chi connectivity index (χ3n) is 2.02. The molecule has 72 valence electrons. The molecule has 1 aliphatic heterocycles. The number of methoxy groups -OCH3 is 1. The Hall–Kier alpha value is -1.05. The summed E-state index contributed by atoms with van der Waals surface area (Å²) >= 11 is 0. The summed E-state index contributed by atoms with van der Waals surface area (Å²) in [5.74, 6) is 2.55. The third-order valence-corrected chi connectivity index (χ3v) is 2.02. The van der Waals surface area contributed by atoms with Crippen LogP contribution in [0.5, 0.6) is 0 Å². The summed E-state index contributed by atoms with van der Waals surface area (Å²) in [6.45, 7) is 2.24. The minimum atomic E-state index is -0.128. The van der Waals surface area contributed by atoms with Crippen LogP contribution in [-0.2, 0) is 9.53 Å².